The number of urea groups is 1. The van der Waals surface area contributed by atoms with Crippen molar-refractivity contribution in [3.8, 4) is 5.75 Å². The fourth-order valence-corrected chi connectivity index (χ4v) is 7.58. The second-order valence-electron chi connectivity index (χ2n) is 8.80. The Labute approximate surface area is 213 Å². The minimum absolute atomic E-state index is 0.0154. The highest BCUT2D eigenvalue weighted by atomic mass is 35.5. The summed E-state index contributed by atoms with van der Waals surface area (Å²) in [5.41, 5.74) is -0.147. The molecule has 0 radical (unpaired) electrons. The number of nitrogens with one attached hydrogen (secondary N) is 3. The molecule has 0 saturated carbocycles. The van der Waals surface area contributed by atoms with E-state index in [2.05, 4.69) is 22.9 Å². The molecule has 2 aromatic carbocycles. The van der Waals surface area contributed by atoms with Crippen LogP contribution in [-0.4, -0.2) is 48.5 Å². The zero-order chi connectivity index (χ0) is 25.3. The first-order valence-corrected chi connectivity index (χ1v) is 13.6. The third-order valence-corrected chi connectivity index (χ3v) is 9.31. The second-order valence-corrected chi connectivity index (χ2v) is 11.4. The summed E-state index contributed by atoms with van der Waals surface area (Å²) in [6, 6.07) is 5.51. The van der Waals surface area contributed by atoms with Crippen molar-refractivity contribution < 1.29 is 22.7 Å². The Bertz CT molecular complexity index is 1220. The number of halogens is 3. The number of hydrogen-bond acceptors (Lipinski definition) is 5. The fourth-order valence-electron chi connectivity index (χ4n) is 4.92. The van der Waals surface area contributed by atoms with Gasteiger partial charge in [0.05, 0.1) is 21.4 Å². The molecular formula is C23H27Cl2FN4O4S. The van der Waals surface area contributed by atoms with E-state index in [9.17, 15) is 22.7 Å². The van der Waals surface area contributed by atoms with Gasteiger partial charge in [-0.05, 0) is 62.9 Å². The molecule has 0 spiro atoms. The normalized spacial score (nSPS) is 22.2. The topological polar surface area (TPSA) is 111 Å². The summed E-state index contributed by atoms with van der Waals surface area (Å²) < 4.78 is 42.5. The number of piperidine rings is 1. The summed E-state index contributed by atoms with van der Waals surface area (Å²) >= 11 is 12.1. The number of benzene rings is 2. The van der Waals surface area contributed by atoms with Gasteiger partial charge in [0.1, 0.15) is 10.7 Å². The van der Waals surface area contributed by atoms with Crippen LogP contribution in [0.4, 0.5) is 20.6 Å². The average molecular weight is 545 g/mol. The van der Waals surface area contributed by atoms with Gasteiger partial charge in [0.15, 0.2) is 5.75 Å². The van der Waals surface area contributed by atoms with Crippen LogP contribution >= 0.6 is 23.2 Å². The van der Waals surface area contributed by atoms with Crippen molar-refractivity contribution in [3.63, 3.8) is 0 Å². The summed E-state index contributed by atoms with van der Waals surface area (Å²) in [6.07, 6.45) is 3.84. The van der Waals surface area contributed by atoms with Crippen molar-refractivity contribution in [3.05, 3.63) is 46.2 Å². The molecule has 2 aromatic rings. The zero-order valence-corrected chi connectivity index (χ0v) is 21.4. The van der Waals surface area contributed by atoms with Gasteiger partial charge in [-0.15, -0.1) is 0 Å². The maximum absolute atomic E-state index is 13.7. The first-order chi connectivity index (χ1) is 16.6. The van der Waals surface area contributed by atoms with Gasteiger partial charge < -0.3 is 21.1 Å². The van der Waals surface area contributed by atoms with Gasteiger partial charge in [-0.3, -0.25) is 0 Å². The second kappa shape index (κ2) is 10.5. The van der Waals surface area contributed by atoms with Gasteiger partial charge in [-0.1, -0.05) is 36.2 Å². The Morgan fingerprint density at radius 1 is 1.11 bits per heavy atom. The third-order valence-electron chi connectivity index (χ3n) is 6.42. The molecule has 1 unspecified atom stereocenters. The lowest BCUT2D eigenvalue weighted by Crippen LogP contribution is -2.51. The first-order valence-electron chi connectivity index (χ1n) is 11.4. The minimum atomic E-state index is -4.15. The van der Waals surface area contributed by atoms with Gasteiger partial charge in [-0.25, -0.2) is 17.6 Å². The lowest BCUT2D eigenvalue weighted by atomic mass is 10.00. The van der Waals surface area contributed by atoms with Crippen LogP contribution in [0.3, 0.4) is 0 Å². The largest absolute Gasteiger partial charge is 0.504 e. The molecule has 0 aromatic heterocycles. The molecule has 4 rings (SSSR count). The predicted molar refractivity (Wildman–Crippen MR) is 134 cm³/mol. The first kappa shape index (κ1) is 26.0. The standard InChI is InChI=1S/C23H27Cl2FN4O4S/c1-2-10-27-13-11-14-6-7-15(12-13)30(14)35(33,34)22-16(24)8-9-19(21(22)31)29-23(32)28-18-5-3-4-17(26)20(18)25/h3-5,8-9,13-15,27,31H,2,6-7,10-12H2,1H3,(H2,28,29,32)/t13?,14-,15+. The zero-order valence-electron chi connectivity index (χ0n) is 19.0. The van der Waals surface area contributed by atoms with Crippen molar-refractivity contribution >= 4 is 50.6 Å². The van der Waals surface area contributed by atoms with E-state index in [1.54, 1.807) is 0 Å². The summed E-state index contributed by atoms with van der Waals surface area (Å²) in [4.78, 5) is 12.0. The van der Waals surface area contributed by atoms with E-state index in [0.29, 0.717) is 12.8 Å². The highest BCUT2D eigenvalue weighted by Gasteiger charge is 2.48. The maximum atomic E-state index is 13.7. The quantitative estimate of drug-likeness (QED) is 0.359. The summed E-state index contributed by atoms with van der Waals surface area (Å²) in [6.45, 7) is 2.96. The lowest BCUT2D eigenvalue weighted by Gasteiger charge is -2.38. The van der Waals surface area contributed by atoms with E-state index < -0.39 is 32.5 Å². The Balaban J connectivity index is 1.57. The van der Waals surface area contributed by atoms with E-state index in [1.807, 2.05) is 0 Å². The SMILES string of the molecule is CCCNC1C[C@H]2CC[C@@H](C1)N2S(=O)(=O)c1c(Cl)ccc(NC(=O)Nc2cccc(F)c2Cl)c1O. The number of carbonyl (C=O) groups is 1. The van der Waals surface area contributed by atoms with Crippen LogP contribution in [0.15, 0.2) is 35.2 Å². The molecule has 190 valence electrons. The van der Waals surface area contributed by atoms with Gasteiger partial charge in [0.25, 0.3) is 0 Å². The summed E-state index contributed by atoms with van der Waals surface area (Å²) in [5.74, 6) is -1.38. The van der Waals surface area contributed by atoms with Crippen molar-refractivity contribution in [2.24, 2.45) is 0 Å². The van der Waals surface area contributed by atoms with Crippen LogP contribution in [0.1, 0.15) is 39.0 Å². The van der Waals surface area contributed by atoms with E-state index in [-0.39, 0.29) is 39.5 Å². The number of nitrogens with zero attached hydrogens (tertiary/aromatic N) is 1. The molecule has 12 heteroatoms. The number of phenols is 1. The third kappa shape index (κ3) is 5.22. The smallest absolute Gasteiger partial charge is 0.323 e. The van der Waals surface area contributed by atoms with Crippen molar-refractivity contribution in [1.29, 1.82) is 0 Å². The highest BCUT2D eigenvalue weighted by Crippen LogP contribution is 2.45. The van der Waals surface area contributed by atoms with Crippen LogP contribution in [0.2, 0.25) is 10.0 Å². The van der Waals surface area contributed by atoms with E-state index in [1.165, 1.54) is 28.6 Å². The minimum Gasteiger partial charge on any atom is -0.504 e. The molecule has 8 nitrogen and oxygen atoms in total. The molecule has 2 heterocycles. The Morgan fingerprint density at radius 3 is 2.43 bits per heavy atom. The average Bonchev–Trinajstić information content (AvgIpc) is 3.09. The molecule has 2 amide bonds. The number of rotatable bonds is 7. The molecule has 3 atom stereocenters. The number of anilines is 2. The fraction of sp³-hybridized carbons (Fsp3) is 0.435. The van der Waals surface area contributed by atoms with Gasteiger partial charge in [0, 0.05) is 18.1 Å². The summed E-state index contributed by atoms with van der Waals surface area (Å²) in [7, 11) is -4.15. The molecule has 2 aliphatic rings. The van der Waals surface area contributed by atoms with Gasteiger partial charge in [0.2, 0.25) is 10.0 Å². The highest BCUT2D eigenvalue weighted by molar-refractivity contribution is 7.89. The van der Waals surface area contributed by atoms with Gasteiger partial charge in [-0.2, -0.15) is 4.31 Å². The number of hydrogen-bond donors (Lipinski definition) is 4. The molecule has 0 aliphatic carbocycles. The number of fused-ring (bicyclic) bond motifs is 2. The number of amides is 2. The van der Waals surface area contributed by atoms with Crippen LogP contribution in [-0.2, 0) is 10.0 Å². The van der Waals surface area contributed by atoms with E-state index in [0.717, 1.165) is 31.9 Å². The van der Waals surface area contributed by atoms with Crippen LogP contribution in [0, 0.1) is 5.82 Å². The van der Waals surface area contributed by atoms with Crippen LogP contribution in [0.25, 0.3) is 0 Å². The molecule has 35 heavy (non-hydrogen) atoms. The maximum Gasteiger partial charge on any atom is 0.323 e. The summed E-state index contributed by atoms with van der Waals surface area (Å²) in [5, 5.41) is 18.7. The van der Waals surface area contributed by atoms with Crippen molar-refractivity contribution in [2.45, 2.75) is 62.0 Å². The molecule has 2 aliphatic heterocycles. The molecule has 2 fully saturated rings. The Kier molecular flexibility index (Phi) is 7.77. The Hall–Kier alpha value is -2.11. The number of phenolic OH excluding ortho intramolecular Hbond substituents is 1. The Morgan fingerprint density at radius 2 is 1.77 bits per heavy atom. The van der Waals surface area contributed by atoms with E-state index in [4.69, 9.17) is 23.2 Å². The van der Waals surface area contributed by atoms with Crippen molar-refractivity contribution in [1.82, 2.24) is 9.62 Å². The van der Waals surface area contributed by atoms with Crippen LogP contribution in [0.5, 0.6) is 5.75 Å². The predicted octanol–water partition coefficient (Wildman–Crippen LogP) is 5.17. The molecular weight excluding hydrogens is 518 g/mol. The number of carbonyl (C=O) groups excluding carboxylic acids is 1. The molecule has 2 saturated heterocycles. The van der Waals surface area contributed by atoms with E-state index >= 15 is 0 Å². The molecule has 2 bridgehead atoms. The number of aromatic hydroxyl groups is 1. The number of sulfonamides is 1. The van der Waals surface area contributed by atoms with Crippen LogP contribution < -0.4 is 16.0 Å². The van der Waals surface area contributed by atoms with Crippen molar-refractivity contribution in [2.75, 3.05) is 17.2 Å². The monoisotopic (exact) mass is 544 g/mol. The molecule has 4 N–H and O–H groups in total. The van der Waals surface area contributed by atoms with Gasteiger partial charge >= 0.3 is 6.03 Å². The lowest BCUT2D eigenvalue weighted by molar-refractivity contribution is 0.207.